The molecular weight excluding hydrogens is 237 g/mol. The number of hydrogen-bond donors (Lipinski definition) is 1. The molecule has 2 aromatic rings. The van der Waals surface area contributed by atoms with Gasteiger partial charge in [-0.25, -0.2) is 9.97 Å². The van der Waals surface area contributed by atoms with Gasteiger partial charge in [-0.05, 0) is 11.6 Å². The smallest absolute Gasteiger partial charge is 0.225 e. The predicted molar refractivity (Wildman–Crippen MR) is 58.5 cm³/mol. The minimum atomic E-state index is 0.105. The lowest BCUT2D eigenvalue weighted by Crippen LogP contribution is -1.94. The van der Waals surface area contributed by atoms with E-state index in [0.717, 1.165) is 5.69 Å². The Hall–Kier alpha value is -1.33. The molecule has 0 aliphatic rings. The number of nitrogens with zero attached hydrogens (tertiary/aromatic N) is 4. The van der Waals surface area contributed by atoms with Gasteiger partial charge in [-0.1, -0.05) is 11.6 Å². The molecule has 7 heteroatoms. The highest BCUT2D eigenvalue weighted by molar-refractivity contribution is 6.32. The molecule has 0 aromatic carbocycles. The first kappa shape index (κ1) is 10.2. The monoisotopic (exact) mass is 243 g/mol. The van der Waals surface area contributed by atoms with E-state index in [1.54, 1.807) is 16.9 Å². The minimum absolute atomic E-state index is 0.105. The average molecular weight is 244 g/mol. The summed E-state index contributed by atoms with van der Waals surface area (Å²) in [7, 11) is 1.82. The van der Waals surface area contributed by atoms with Crippen LogP contribution in [-0.4, -0.2) is 19.7 Å². The highest BCUT2D eigenvalue weighted by atomic mass is 35.5. The maximum absolute atomic E-state index is 5.73. The van der Waals surface area contributed by atoms with Crippen molar-refractivity contribution in [1.82, 2.24) is 19.7 Å². The lowest BCUT2D eigenvalue weighted by molar-refractivity contribution is 0.768. The second-order valence-electron chi connectivity index (χ2n) is 2.87. The zero-order valence-electron chi connectivity index (χ0n) is 7.78. The largest absolute Gasteiger partial charge is 0.337 e. The molecule has 5 nitrogen and oxygen atoms in total. The Balaban J connectivity index is 2.24. The van der Waals surface area contributed by atoms with Crippen molar-refractivity contribution in [3.8, 4) is 0 Å². The number of aromatic nitrogens is 4. The Labute approximate surface area is 96.1 Å². The Morgan fingerprint density at radius 1 is 1.33 bits per heavy atom. The summed E-state index contributed by atoms with van der Waals surface area (Å²) in [5.74, 6) is 0.535. The Morgan fingerprint density at radius 3 is 2.73 bits per heavy atom. The van der Waals surface area contributed by atoms with Crippen molar-refractivity contribution < 1.29 is 0 Å². The molecule has 1 N–H and O–H groups in total. The van der Waals surface area contributed by atoms with Crippen LogP contribution in [0.3, 0.4) is 0 Å². The number of nitrogens with one attached hydrogen (secondary N) is 1. The van der Waals surface area contributed by atoms with Gasteiger partial charge in [0.15, 0.2) is 0 Å². The van der Waals surface area contributed by atoms with Gasteiger partial charge < -0.3 is 5.32 Å². The van der Waals surface area contributed by atoms with E-state index >= 15 is 0 Å². The van der Waals surface area contributed by atoms with E-state index < -0.39 is 0 Å². The fourth-order valence-corrected chi connectivity index (χ4v) is 1.50. The Kier molecular flexibility index (Phi) is 2.75. The van der Waals surface area contributed by atoms with Crippen LogP contribution in [0.25, 0.3) is 0 Å². The summed E-state index contributed by atoms with van der Waals surface area (Å²) in [4.78, 5) is 7.70. The summed E-state index contributed by atoms with van der Waals surface area (Å²) >= 11 is 11.4. The van der Waals surface area contributed by atoms with Crippen molar-refractivity contribution in [3.05, 3.63) is 28.9 Å². The first-order valence-electron chi connectivity index (χ1n) is 4.09. The molecule has 0 fully saturated rings. The highest BCUT2D eigenvalue weighted by Crippen LogP contribution is 2.18. The summed E-state index contributed by atoms with van der Waals surface area (Å²) in [5.41, 5.74) is 0.809. The maximum atomic E-state index is 5.73. The van der Waals surface area contributed by atoms with Crippen LogP contribution >= 0.6 is 23.2 Å². The van der Waals surface area contributed by atoms with Gasteiger partial charge in [0.05, 0.1) is 11.9 Å². The van der Waals surface area contributed by atoms with Crippen LogP contribution in [0, 0.1) is 0 Å². The van der Waals surface area contributed by atoms with Crippen LogP contribution in [-0.2, 0) is 7.05 Å². The van der Waals surface area contributed by atoms with Gasteiger partial charge in [0.1, 0.15) is 11.0 Å². The number of hydrogen-bond acceptors (Lipinski definition) is 4. The van der Waals surface area contributed by atoms with Crippen molar-refractivity contribution >= 4 is 34.7 Å². The molecule has 0 aliphatic heterocycles. The zero-order chi connectivity index (χ0) is 10.8. The summed E-state index contributed by atoms with van der Waals surface area (Å²) in [5, 5.41) is 7.40. The maximum Gasteiger partial charge on any atom is 0.225 e. The van der Waals surface area contributed by atoms with Gasteiger partial charge >= 0.3 is 0 Å². The van der Waals surface area contributed by atoms with E-state index in [-0.39, 0.29) is 5.28 Å². The van der Waals surface area contributed by atoms with Gasteiger partial charge in [0, 0.05) is 19.3 Å². The number of halogens is 2. The Bertz CT molecular complexity index is 461. The third kappa shape index (κ3) is 2.57. The Morgan fingerprint density at radius 2 is 2.13 bits per heavy atom. The van der Waals surface area contributed by atoms with Gasteiger partial charge in [0.2, 0.25) is 5.28 Å². The topological polar surface area (TPSA) is 55.6 Å². The van der Waals surface area contributed by atoms with E-state index in [1.807, 2.05) is 13.2 Å². The lowest BCUT2D eigenvalue weighted by atomic mass is 10.5. The first-order chi connectivity index (χ1) is 7.13. The highest BCUT2D eigenvalue weighted by Gasteiger charge is 2.02. The fraction of sp³-hybridized carbons (Fsp3) is 0.125. The van der Waals surface area contributed by atoms with Gasteiger partial charge in [-0.15, -0.1) is 0 Å². The van der Waals surface area contributed by atoms with E-state index in [4.69, 9.17) is 23.2 Å². The van der Waals surface area contributed by atoms with Crippen molar-refractivity contribution in [1.29, 1.82) is 0 Å². The molecule has 0 saturated heterocycles. The normalized spacial score (nSPS) is 10.3. The molecule has 15 heavy (non-hydrogen) atoms. The zero-order valence-corrected chi connectivity index (χ0v) is 9.29. The molecule has 0 aliphatic carbocycles. The van der Waals surface area contributed by atoms with Crippen LogP contribution in [0.15, 0.2) is 18.5 Å². The van der Waals surface area contributed by atoms with E-state index in [2.05, 4.69) is 20.4 Å². The number of rotatable bonds is 2. The number of aryl methyl sites for hydroxylation is 1. The van der Waals surface area contributed by atoms with Gasteiger partial charge in [-0.2, -0.15) is 5.10 Å². The molecule has 0 bridgehead atoms. The molecule has 0 unspecified atom stereocenters. The SMILES string of the molecule is Cn1cc(Nc2cc(Cl)nc(Cl)n2)cn1. The predicted octanol–water partition coefficient (Wildman–Crippen LogP) is 2.26. The second kappa shape index (κ2) is 4.04. The van der Waals surface area contributed by atoms with Crippen molar-refractivity contribution in [2.45, 2.75) is 0 Å². The molecule has 0 spiro atoms. The van der Waals surface area contributed by atoms with Crippen molar-refractivity contribution in [2.75, 3.05) is 5.32 Å². The molecule has 2 heterocycles. The van der Waals surface area contributed by atoms with Crippen molar-refractivity contribution in [3.63, 3.8) is 0 Å². The van der Waals surface area contributed by atoms with Gasteiger partial charge in [-0.3, -0.25) is 4.68 Å². The van der Waals surface area contributed by atoms with E-state index in [0.29, 0.717) is 11.0 Å². The van der Waals surface area contributed by atoms with Crippen LogP contribution in [0.5, 0.6) is 0 Å². The molecule has 0 amide bonds. The van der Waals surface area contributed by atoms with Crippen LogP contribution in [0.2, 0.25) is 10.4 Å². The quantitative estimate of drug-likeness (QED) is 0.650. The molecule has 0 saturated carbocycles. The molecule has 2 aromatic heterocycles. The summed E-state index contributed by atoms with van der Waals surface area (Å²) in [6.45, 7) is 0. The third-order valence-corrected chi connectivity index (χ3v) is 2.01. The third-order valence-electron chi connectivity index (χ3n) is 1.64. The van der Waals surface area contributed by atoms with E-state index in [9.17, 15) is 0 Å². The molecule has 0 radical (unpaired) electrons. The van der Waals surface area contributed by atoms with Crippen molar-refractivity contribution in [2.24, 2.45) is 7.05 Å². The van der Waals surface area contributed by atoms with Gasteiger partial charge in [0.25, 0.3) is 0 Å². The first-order valence-corrected chi connectivity index (χ1v) is 4.85. The summed E-state index contributed by atoms with van der Waals surface area (Å²) < 4.78 is 1.67. The molecule has 2 rings (SSSR count). The van der Waals surface area contributed by atoms with E-state index in [1.165, 1.54) is 0 Å². The summed E-state index contributed by atoms with van der Waals surface area (Å²) in [6, 6.07) is 1.58. The molecular formula is C8H7Cl2N5. The summed E-state index contributed by atoms with van der Waals surface area (Å²) in [6.07, 6.45) is 3.48. The van der Waals surface area contributed by atoms with Crippen LogP contribution < -0.4 is 5.32 Å². The fourth-order valence-electron chi connectivity index (χ4n) is 1.09. The molecule has 78 valence electrons. The molecule has 0 atom stereocenters. The minimum Gasteiger partial charge on any atom is -0.337 e. The second-order valence-corrected chi connectivity index (χ2v) is 3.60. The number of anilines is 2. The lowest BCUT2D eigenvalue weighted by Gasteiger charge is -2.02. The average Bonchev–Trinajstić information content (AvgIpc) is 2.49. The van der Waals surface area contributed by atoms with Crippen LogP contribution in [0.4, 0.5) is 11.5 Å². The van der Waals surface area contributed by atoms with Crippen LogP contribution in [0.1, 0.15) is 0 Å². The standard InChI is InChI=1S/C8H7Cl2N5/c1-15-4-5(3-11-15)12-7-2-6(9)13-8(10)14-7/h2-4H,1H3,(H,12,13,14).